The highest BCUT2D eigenvalue weighted by atomic mass is 35.5. The van der Waals surface area contributed by atoms with E-state index in [1.54, 1.807) is 6.08 Å². The number of aromatic amines is 1. The van der Waals surface area contributed by atoms with Gasteiger partial charge in [0.1, 0.15) is 0 Å². The standard InChI is InChI=1S/C21H19ClN2O/c1-14-21-18(17-4-2-3-5-19(17)23-21)12-13-24(14)20(25)11-8-15-6-9-16(22)10-7-15/h2-11,14,23H,12-13H2,1H3/b11-8+. The Morgan fingerprint density at radius 3 is 2.76 bits per heavy atom. The summed E-state index contributed by atoms with van der Waals surface area (Å²) in [7, 11) is 0. The quantitative estimate of drug-likeness (QED) is 0.650. The first-order chi connectivity index (χ1) is 12.1. The molecule has 3 nitrogen and oxygen atoms in total. The summed E-state index contributed by atoms with van der Waals surface area (Å²) >= 11 is 5.89. The van der Waals surface area contributed by atoms with Crippen LogP contribution in [0.5, 0.6) is 0 Å². The lowest BCUT2D eigenvalue weighted by Crippen LogP contribution is -2.37. The molecule has 1 aliphatic rings. The van der Waals surface area contributed by atoms with Crippen LogP contribution in [0.2, 0.25) is 5.02 Å². The number of fused-ring (bicyclic) bond motifs is 3. The van der Waals surface area contributed by atoms with Gasteiger partial charge in [-0.25, -0.2) is 0 Å². The van der Waals surface area contributed by atoms with Crippen molar-refractivity contribution in [1.82, 2.24) is 9.88 Å². The first-order valence-electron chi connectivity index (χ1n) is 8.47. The maximum Gasteiger partial charge on any atom is 0.247 e. The minimum absolute atomic E-state index is 0.0340. The highest BCUT2D eigenvalue weighted by molar-refractivity contribution is 6.30. The Bertz CT molecular complexity index is 956. The van der Waals surface area contributed by atoms with Crippen LogP contribution >= 0.6 is 11.6 Å². The predicted molar refractivity (Wildman–Crippen MR) is 103 cm³/mol. The molecule has 1 unspecified atom stereocenters. The molecule has 1 aliphatic heterocycles. The monoisotopic (exact) mass is 350 g/mol. The smallest absolute Gasteiger partial charge is 0.247 e. The van der Waals surface area contributed by atoms with E-state index in [0.717, 1.165) is 29.7 Å². The van der Waals surface area contributed by atoms with Crippen LogP contribution in [0.25, 0.3) is 17.0 Å². The van der Waals surface area contributed by atoms with Gasteiger partial charge in [0.05, 0.1) is 6.04 Å². The third-order valence-electron chi connectivity index (χ3n) is 4.91. The number of nitrogens with one attached hydrogen (secondary N) is 1. The van der Waals surface area contributed by atoms with Crippen LogP contribution in [0.3, 0.4) is 0 Å². The van der Waals surface area contributed by atoms with Crippen molar-refractivity contribution < 1.29 is 4.79 Å². The van der Waals surface area contributed by atoms with Gasteiger partial charge in [-0.2, -0.15) is 0 Å². The first-order valence-corrected chi connectivity index (χ1v) is 8.85. The fraction of sp³-hybridized carbons (Fsp3) is 0.190. The molecule has 3 aromatic rings. The van der Waals surface area contributed by atoms with Gasteiger partial charge in [-0.1, -0.05) is 41.9 Å². The highest BCUT2D eigenvalue weighted by Gasteiger charge is 2.29. The van der Waals surface area contributed by atoms with Crippen molar-refractivity contribution in [1.29, 1.82) is 0 Å². The van der Waals surface area contributed by atoms with E-state index in [2.05, 4.69) is 30.1 Å². The second-order valence-corrected chi connectivity index (χ2v) is 6.84. The fourth-order valence-electron chi connectivity index (χ4n) is 3.57. The summed E-state index contributed by atoms with van der Waals surface area (Å²) in [6.45, 7) is 2.82. The van der Waals surface area contributed by atoms with Crippen LogP contribution < -0.4 is 0 Å². The number of hydrogen-bond acceptors (Lipinski definition) is 1. The maximum absolute atomic E-state index is 12.7. The third kappa shape index (κ3) is 2.96. The molecular weight excluding hydrogens is 332 g/mol. The number of H-pyrrole nitrogens is 1. The van der Waals surface area contributed by atoms with Crippen molar-refractivity contribution in [3.8, 4) is 0 Å². The fourth-order valence-corrected chi connectivity index (χ4v) is 3.69. The van der Waals surface area contributed by atoms with E-state index < -0.39 is 0 Å². The molecule has 0 fully saturated rings. The molecule has 1 aromatic heterocycles. The second-order valence-electron chi connectivity index (χ2n) is 6.41. The summed E-state index contributed by atoms with van der Waals surface area (Å²) in [5, 5.41) is 1.97. The number of carbonyl (C=O) groups excluding carboxylic acids is 1. The van der Waals surface area contributed by atoms with Gasteiger partial charge in [-0.05, 0) is 48.7 Å². The molecule has 126 valence electrons. The molecule has 0 spiro atoms. The van der Waals surface area contributed by atoms with E-state index in [0.29, 0.717) is 5.02 Å². The lowest BCUT2D eigenvalue weighted by molar-refractivity contribution is -0.128. The van der Waals surface area contributed by atoms with Gasteiger partial charge in [0.25, 0.3) is 0 Å². The van der Waals surface area contributed by atoms with Crippen LogP contribution in [0, 0.1) is 0 Å². The number of aromatic nitrogens is 1. The molecule has 0 saturated carbocycles. The number of amides is 1. The van der Waals surface area contributed by atoms with E-state index in [9.17, 15) is 4.79 Å². The molecule has 1 N–H and O–H groups in total. The van der Waals surface area contributed by atoms with E-state index >= 15 is 0 Å². The minimum atomic E-state index is 0.0340. The SMILES string of the molecule is CC1c2[nH]c3ccccc3c2CCN1C(=O)/C=C/c1ccc(Cl)cc1. The average molecular weight is 351 g/mol. The van der Waals surface area contributed by atoms with Crippen LogP contribution in [0.15, 0.2) is 54.6 Å². The van der Waals surface area contributed by atoms with Crippen LogP contribution in [0.1, 0.15) is 29.8 Å². The third-order valence-corrected chi connectivity index (χ3v) is 5.16. The Hall–Kier alpha value is -2.52. The van der Waals surface area contributed by atoms with Gasteiger partial charge in [-0.3, -0.25) is 4.79 Å². The zero-order chi connectivity index (χ0) is 17.4. The van der Waals surface area contributed by atoms with Crippen LogP contribution in [-0.4, -0.2) is 22.3 Å². The molecule has 0 aliphatic carbocycles. The van der Waals surface area contributed by atoms with Gasteiger partial charge >= 0.3 is 0 Å². The summed E-state index contributed by atoms with van der Waals surface area (Å²) in [5.41, 5.74) is 4.61. The van der Waals surface area contributed by atoms with Gasteiger partial charge in [0.15, 0.2) is 0 Å². The normalized spacial score (nSPS) is 17.2. The Kier molecular flexibility index (Phi) is 4.10. The average Bonchev–Trinajstić information content (AvgIpc) is 3.01. The van der Waals surface area contributed by atoms with E-state index in [4.69, 9.17) is 11.6 Å². The lowest BCUT2D eigenvalue weighted by Gasteiger charge is -2.32. The number of halogens is 1. The minimum Gasteiger partial charge on any atom is -0.356 e. The molecule has 0 bridgehead atoms. The molecule has 1 amide bonds. The summed E-state index contributed by atoms with van der Waals surface area (Å²) in [4.78, 5) is 18.1. The lowest BCUT2D eigenvalue weighted by atomic mass is 9.98. The number of hydrogen-bond donors (Lipinski definition) is 1. The first kappa shape index (κ1) is 16.0. The van der Waals surface area contributed by atoms with Gasteiger partial charge in [0, 0.05) is 34.2 Å². The van der Waals surface area contributed by atoms with Crippen molar-refractivity contribution in [3.63, 3.8) is 0 Å². The summed E-state index contributed by atoms with van der Waals surface area (Å²) in [6.07, 6.45) is 4.36. The Morgan fingerprint density at radius 2 is 1.96 bits per heavy atom. The number of para-hydroxylation sites is 1. The van der Waals surface area contributed by atoms with Gasteiger partial charge in [-0.15, -0.1) is 0 Å². The zero-order valence-corrected chi connectivity index (χ0v) is 14.8. The molecule has 2 aromatic carbocycles. The largest absolute Gasteiger partial charge is 0.356 e. The molecule has 2 heterocycles. The van der Waals surface area contributed by atoms with Crippen LogP contribution in [-0.2, 0) is 11.2 Å². The number of carbonyl (C=O) groups is 1. The van der Waals surface area contributed by atoms with Crippen molar-refractivity contribution in [2.45, 2.75) is 19.4 Å². The Balaban J connectivity index is 1.57. The Labute approximate surface area is 151 Å². The van der Waals surface area contributed by atoms with E-state index in [-0.39, 0.29) is 11.9 Å². The molecular formula is C21H19ClN2O. The maximum atomic E-state index is 12.7. The number of nitrogens with zero attached hydrogens (tertiary/aromatic N) is 1. The van der Waals surface area contributed by atoms with Crippen molar-refractivity contribution in [2.75, 3.05) is 6.54 Å². The number of benzene rings is 2. The van der Waals surface area contributed by atoms with Gasteiger partial charge < -0.3 is 9.88 Å². The Morgan fingerprint density at radius 1 is 1.20 bits per heavy atom. The topological polar surface area (TPSA) is 36.1 Å². The second kappa shape index (κ2) is 6.41. The molecule has 25 heavy (non-hydrogen) atoms. The highest BCUT2D eigenvalue weighted by Crippen LogP contribution is 2.34. The summed E-state index contributed by atoms with van der Waals surface area (Å²) in [5.74, 6) is 0.0340. The van der Waals surface area contributed by atoms with E-state index in [1.165, 1.54) is 10.9 Å². The van der Waals surface area contributed by atoms with E-state index in [1.807, 2.05) is 41.3 Å². The van der Waals surface area contributed by atoms with Crippen molar-refractivity contribution in [2.24, 2.45) is 0 Å². The molecule has 4 heteroatoms. The van der Waals surface area contributed by atoms with Crippen LogP contribution in [0.4, 0.5) is 0 Å². The number of rotatable bonds is 2. The summed E-state index contributed by atoms with van der Waals surface area (Å²) in [6, 6.07) is 15.8. The molecule has 4 rings (SSSR count). The predicted octanol–water partition coefficient (Wildman–Crippen LogP) is 4.98. The van der Waals surface area contributed by atoms with Crippen molar-refractivity contribution >= 4 is 34.5 Å². The zero-order valence-electron chi connectivity index (χ0n) is 14.0. The molecule has 1 atom stereocenters. The van der Waals surface area contributed by atoms with Crippen molar-refractivity contribution in [3.05, 3.63) is 76.5 Å². The van der Waals surface area contributed by atoms with Gasteiger partial charge in [0.2, 0.25) is 5.91 Å². The molecule has 0 radical (unpaired) electrons. The summed E-state index contributed by atoms with van der Waals surface area (Å²) < 4.78 is 0. The molecule has 0 saturated heterocycles.